The van der Waals surface area contributed by atoms with Gasteiger partial charge in [0.15, 0.2) is 5.65 Å². The molecule has 0 bridgehead atoms. The van der Waals surface area contributed by atoms with Gasteiger partial charge < -0.3 is 20.6 Å². The second-order valence-corrected chi connectivity index (χ2v) is 6.58. The Bertz CT molecular complexity index is 781. The summed E-state index contributed by atoms with van der Waals surface area (Å²) in [5.41, 5.74) is 10.6. The number of pyridine rings is 1. The molecule has 1 amide bonds. The Morgan fingerprint density at radius 1 is 1.36 bits per heavy atom. The van der Waals surface area contributed by atoms with Gasteiger partial charge in [0.25, 0.3) is 0 Å². The van der Waals surface area contributed by atoms with E-state index in [9.17, 15) is 4.79 Å². The molecule has 1 aliphatic heterocycles. The number of anilines is 1. The monoisotopic (exact) mass is 512 g/mol. The maximum atomic E-state index is 12.1. The number of ether oxygens (including phenoxy) is 1. The first-order chi connectivity index (χ1) is 11.7. The predicted octanol–water partition coefficient (Wildman–Crippen LogP) is 3.11. The number of hydrogen-bond acceptors (Lipinski definition) is 5. The van der Waals surface area contributed by atoms with E-state index >= 15 is 0 Å². The van der Waals surface area contributed by atoms with Crippen molar-refractivity contribution in [3.63, 3.8) is 0 Å². The van der Waals surface area contributed by atoms with E-state index in [0.717, 1.165) is 67.9 Å². The van der Waals surface area contributed by atoms with Crippen LogP contribution in [0.2, 0.25) is 0 Å². The number of nitrogens with one attached hydrogen (secondary N) is 2. The quantitative estimate of drug-likeness (QED) is 0.665. The molecular weight excluding hydrogens is 490 g/mol. The minimum absolute atomic E-state index is 0. The number of carbonyl (C=O) groups is 1. The summed E-state index contributed by atoms with van der Waals surface area (Å²) in [6.45, 7) is 4.20. The maximum absolute atomic E-state index is 12.1. The predicted molar refractivity (Wildman–Crippen MR) is 91.3 cm³/mol. The molecule has 4 rings (SSSR count). The van der Waals surface area contributed by atoms with Crippen molar-refractivity contribution in [1.82, 2.24) is 14.8 Å². The number of rotatable bonds is 5. The van der Waals surface area contributed by atoms with Crippen LogP contribution < -0.4 is 5.32 Å². The van der Waals surface area contributed by atoms with E-state index in [1.165, 1.54) is 0 Å². The van der Waals surface area contributed by atoms with Crippen molar-refractivity contribution >= 4 is 22.6 Å². The van der Waals surface area contributed by atoms with Crippen LogP contribution in [0.3, 0.4) is 0 Å². The van der Waals surface area contributed by atoms with Crippen molar-refractivity contribution in [2.24, 2.45) is 0 Å². The van der Waals surface area contributed by atoms with Crippen LogP contribution in [0, 0.1) is 0 Å². The standard InChI is InChI=1S/C17H23N5O2.W/c1-2-22-17-12(9-19-22)15(20-11-5-7-24-8-6-11)13(16(18)23)14(21-17)10-3-4-10;/h9-11H,2-8H2,1H3,(H3,18,19,20,21,23);/p-1. The zero-order valence-corrected chi connectivity index (χ0v) is 17.2. The molecule has 3 heterocycles. The minimum Gasteiger partial charge on any atom is -0.663 e. The van der Waals surface area contributed by atoms with Gasteiger partial charge in [0.2, 0.25) is 0 Å². The van der Waals surface area contributed by atoms with Crippen molar-refractivity contribution in [3.8, 4) is 0 Å². The molecule has 134 valence electrons. The Morgan fingerprint density at radius 3 is 2.68 bits per heavy atom. The summed E-state index contributed by atoms with van der Waals surface area (Å²) in [5.74, 6) is -0.362. The van der Waals surface area contributed by atoms with Gasteiger partial charge in [0.05, 0.1) is 28.9 Å². The molecule has 2 N–H and O–H groups in total. The van der Waals surface area contributed by atoms with Crippen molar-refractivity contribution in [2.45, 2.75) is 51.1 Å². The van der Waals surface area contributed by atoms with E-state index < -0.39 is 5.91 Å². The Balaban J connectivity index is 0.00000182. The topological polar surface area (TPSA) is 92.8 Å². The molecule has 2 aromatic heterocycles. The van der Waals surface area contributed by atoms with E-state index in [0.29, 0.717) is 11.5 Å². The summed E-state index contributed by atoms with van der Waals surface area (Å²) < 4.78 is 7.28. The van der Waals surface area contributed by atoms with Crippen molar-refractivity contribution in [2.75, 3.05) is 18.5 Å². The number of aromatic nitrogens is 3. The normalized spacial score (nSPS) is 18.1. The maximum Gasteiger partial charge on any atom is 0.160 e. The molecular formula is C17H22N5O2W-. The Kier molecular flexibility index (Phi) is 5.44. The van der Waals surface area contributed by atoms with Crippen molar-refractivity contribution < 1.29 is 30.6 Å². The molecule has 25 heavy (non-hydrogen) atoms. The van der Waals surface area contributed by atoms with Crippen LogP contribution in [0.5, 0.6) is 0 Å². The molecule has 0 spiro atoms. The molecule has 0 radical (unpaired) electrons. The van der Waals surface area contributed by atoms with E-state index in [-0.39, 0.29) is 27.1 Å². The molecule has 0 aromatic carbocycles. The summed E-state index contributed by atoms with van der Waals surface area (Å²) in [6, 6.07) is 0.250. The van der Waals surface area contributed by atoms with E-state index in [1.807, 2.05) is 11.6 Å². The van der Waals surface area contributed by atoms with Gasteiger partial charge in [-0.2, -0.15) is 5.10 Å². The van der Waals surface area contributed by atoms with Gasteiger partial charge in [-0.25, -0.2) is 9.67 Å². The van der Waals surface area contributed by atoms with Crippen LogP contribution in [-0.4, -0.2) is 39.9 Å². The van der Waals surface area contributed by atoms with Gasteiger partial charge >= 0.3 is 0 Å². The first-order valence-electron chi connectivity index (χ1n) is 8.68. The van der Waals surface area contributed by atoms with Gasteiger partial charge in [-0.05, 0) is 32.6 Å². The van der Waals surface area contributed by atoms with Gasteiger partial charge in [-0.15, -0.1) is 0 Å². The number of amides is 1. The third-order valence-corrected chi connectivity index (χ3v) is 4.87. The second-order valence-electron chi connectivity index (χ2n) is 6.58. The van der Waals surface area contributed by atoms with Crippen LogP contribution >= 0.6 is 0 Å². The van der Waals surface area contributed by atoms with Crippen LogP contribution in [0.4, 0.5) is 5.69 Å². The third kappa shape index (κ3) is 3.44. The average molecular weight is 512 g/mol. The van der Waals surface area contributed by atoms with Crippen LogP contribution in [0.1, 0.15) is 54.6 Å². The fourth-order valence-corrected chi connectivity index (χ4v) is 3.42. The van der Waals surface area contributed by atoms with Gasteiger partial charge in [-0.3, -0.25) is 0 Å². The largest absolute Gasteiger partial charge is 0.663 e. The van der Waals surface area contributed by atoms with Gasteiger partial charge in [-0.1, -0.05) is 0 Å². The molecule has 7 nitrogen and oxygen atoms in total. The summed E-state index contributed by atoms with van der Waals surface area (Å²) in [4.78, 5) is 16.9. The first-order valence-corrected chi connectivity index (χ1v) is 8.68. The molecule has 2 aliphatic rings. The molecule has 0 unspecified atom stereocenters. The van der Waals surface area contributed by atoms with Crippen LogP contribution in [0.15, 0.2) is 6.20 Å². The summed E-state index contributed by atoms with van der Waals surface area (Å²) in [6.07, 6.45) is 5.63. The summed E-state index contributed by atoms with van der Waals surface area (Å²) in [7, 11) is 0. The van der Waals surface area contributed by atoms with Crippen molar-refractivity contribution in [1.29, 1.82) is 0 Å². The van der Waals surface area contributed by atoms with Gasteiger partial charge in [0.1, 0.15) is 0 Å². The zero-order valence-electron chi connectivity index (χ0n) is 14.2. The molecule has 2 fully saturated rings. The second kappa shape index (κ2) is 7.42. The fourth-order valence-electron chi connectivity index (χ4n) is 3.42. The summed E-state index contributed by atoms with van der Waals surface area (Å²) in [5, 5.41) is 8.76. The Hall–Kier alpha value is -1.46. The Morgan fingerprint density at radius 2 is 2.08 bits per heavy atom. The fraction of sp³-hybridized carbons (Fsp3) is 0.588. The molecule has 2 aromatic rings. The Labute approximate surface area is 160 Å². The van der Waals surface area contributed by atoms with E-state index in [2.05, 4.69) is 10.4 Å². The average Bonchev–Trinajstić information content (AvgIpc) is 3.35. The molecule has 8 heteroatoms. The van der Waals surface area contributed by atoms with E-state index in [1.54, 1.807) is 6.20 Å². The number of carbonyl (C=O) groups excluding carboxylic acids is 1. The zero-order chi connectivity index (χ0) is 16.7. The number of aryl methyl sites for hydroxylation is 1. The molecule has 1 aliphatic carbocycles. The smallest absolute Gasteiger partial charge is 0.160 e. The number of hydrogen-bond donors (Lipinski definition) is 1. The molecule has 1 saturated carbocycles. The van der Waals surface area contributed by atoms with Crippen molar-refractivity contribution in [3.05, 3.63) is 23.2 Å². The van der Waals surface area contributed by atoms with Crippen LogP contribution in [-0.2, 0) is 32.3 Å². The van der Waals surface area contributed by atoms with Gasteiger partial charge in [0, 0.05) is 58.3 Å². The molecule has 0 atom stereocenters. The van der Waals surface area contributed by atoms with Crippen LogP contribution in [0.25, 0.3) is 16.8 Å². The first kappa shape index (κ1) is 18.3. The number of nitrogens with zero attached hydrogens (tertiary/aromatic N) is 3. The summed E-state index contributed by atoms with van der Waals surface area (Å²) >= 11 is 0. The SMILES string of the molecule is CCn1ncc2c(NC3CCOCC3)c(C([NH-])=O)c(C3CC3)nc21.[W]. The van der Waals surface area contributed by atoms with E-state index in [4.69, 9.17) is 15.5 Å². The number of fused-ring (bicyclic) bond motifs is 1. The third-order valence-electron chi connectivity index (χ3n) is 4.87. The molecule has 1 saturated heterocycles. The minimum atomic E-state index is -0.662.